The fourth-order valence-corrected chi connectivity index (χ4v) is 1.53. The standard InChI is InChI=1S/C12H20N2O2/c1-6-10-13-9(2)7-14(10)8-11(15)16-12(3,4)5/h7H,6,8H2,1-5H3. The van der Waals surface area contributed by atoms with Gasteiger partial charge in [-0.25, -0.2) is 4.98 Å². The van der Waals surface area contributed by atoms with Crippen LogP contribution in [0.1, 0.15) is 39.2 Å². The zero-order valence-electron chi connectivity index (χ0n) is 10.7. The number of rotatable bonds is 3. The summed E-state index contributed by atoms with van der Waals surface area (Å²) in [5, 5.41) is 0. The minimum Gasteiger partial charge on any atom is -0.459 e. The Kier molecular flexibility index (Phi) is 3.73. The Morgan fingerprint density at radius 2 is 2.12 bits per heavy atom. The molecule has 1 rings (SSSR count). The SMILES string of the molecule is CCc1nc(C)cn1CC(=O)OC(C)(C)C. The highest BCUT2D eigenvalue weighted by atomic mass is 16.6. The van der Waals surface area contributed by atoms with E-state index in [0.29, 0.717) is 0 Å². The van der Waals surface area contributed by atoms with Crippen LogP contribution < -0.4 is 0 Å². The van der Waals surface area contributed by atoms with Gasteiger partial charge < -0.3 is 9.30 Å². The number of esters is 1. The van der Waals surface area contributed by atoms with Crippen molar-refractivity contribution >= 4 is 5.97 Å². The monoisotopic (exact) mass is 224 g/mol. The van der Waals surface area contributed by atoms with Gasteiger partial charge in [-0.05, 0) is 27.7 Å². The molecule has 0 N–H and O–H groups in total. The van der Waals surface area contributed by atoms with Gasteiger partial charge in [-0.1, -0.05) is 6.92 Å². The quantitative estimate of drug-likeness (QED) is 0.738. The van der Waals surface area contributed by atoms with Gasteiger partial charge in [0.2, 0.25) is 0 Å². The van der Waals surface area contributed by atoms with Gasteiger partial charge in [0, 0.05) is 12.6 Å². The normalized spacial score (nSPS) is 11.6. The van der Waals surface area contributed by atoms with E-state index in [9.17, 15) is 4.79 Å². The van der Waals surface area contributed by atoms with E-state index in [4.69, 9.17) is 4.74 Å². The lowest BCUT2D eigenvalue weighted by Crippen LogP contribution is -2.26. The Bertz CT molecular complexity index is 375. The van der Waals surface area contributed by atoms with E-state index >= 15 is 0 Å². The number of hydrogen-bond donors (Lipinski definition) is 0. The molecule has 1 aromatic heterocycles. The summed E-state index contributed by atoms with van der Waals surface area (Å²) in [6.45, 7) is 9.78. The van der Waals surface area contributed by atoms with Crippen LogP contribution in [0.3, 0.4) is 0 Å². The van der Waals surface area contributed by atoms with Crippen LogP contribution in [0.4, 0.5) is 0 Å². The number of carbonyl (C=O) groups excluding carboxylic acids is 1. The zero-order chi connectivity index (χ0) is 12.3. The Balaban J connectivity index is 2.69. The van der Waals surface area contributed by atoms with Crippen LogP contribution in [0.15, 0.2) is 6.20 Å². The van der Waals surface area contributed by atoms with E-state index in [2.05, 4.69) is 4.98 Å². The molecule has 0 aliphatic rings. The van der Waals surface area contributed by atoms with Gasteiger partial charge in [-0.2, -0.15) is 0 Å². The average Bonchev–Trinajstić information content (AvgIpc) is 2.42. The van der Waals surface area contributed by atoms with Crippen molar-refractivity contribution in [3.05, 3.63) is 17.7 Å². The van der Waals surface area contributed by atoms with Crippen LogP contribution in [0.25, 0.3) is 0 Å². The molecule has 0 fully saturated rings. The summed E-state index contributed by atoms with van der Waals surface area (Å²) >= 11 is 0. The lowest BCUT2D eigenvalue weighted by Gasteiger charge is -2.19. The van der Waals surface area contributed by atoms with Gasteiger partial charge >= 0.3 is 5.97 Å². The third-order valence-corrected chi connectivity index (χ3v) is 2.02. The first-order valence-corrected chi connectivity index (χ1v) is 5.56. The number of nitrogens with zero attached hydrogens (tertiary/aromatic N) is 2. The fourth-order valence-electron chi connectivity index (χ4n) is 1.53. The van der Waals surface area contributed by atoms with Gasteiger partial charge in [0.1, 0.15) is 18.0 Å². The summed E-state index contributed by atoms with van der Waals surface area (Å²) in [6.07, 6.45) is 2.69. The summed E-state index contributed by atoms with van der Waals surface area (Å²) in [5.41, 5.74) is 0.499. The number of ether oxygens (including phenoxy) is 1. The fraction of sp³-hybridized carbons (Fsp3) is 0.667. The Labute approximate surface area is 96.6 Å². The summed E-state index contributed by atoms with van der Waals surface area (Å²) in [5.74, 6) is 0.697. The molecule has 16 heavy (non-hydrogen) atoms. The van der Waals surface area contributed by atoms with E-state index in [1.165, 1.54) is 0 Å². The second-order valence-electron chi connectivity index (χ2n) is 4.87. The highest BCUT2D eigenvalue weighted by Gasteiger charge is 2.17. The molecule has 0 saturated heterocycles. The molecule has 0 unspecified atom stereocenters. The van der Waals surface area contributed by atoms with Crippen LogP contribution in [0.2, 0.25) is 0 Å². The highest BCUT2D eigenvalue weighted by molar-refractivity contribution is 5.69. The first kappa shape index (κ1) is 12.7. The van der Waals surface area contributed by atoms with Crippen molar-refractivity contribution in [2.45, 2.75) is 53.2 Å². The number of aryl methyl sites for hydroxylation is 2. The lowest BCUT2D eigenvalue weighted by atomic mass is 10.2. The van der Waals surface area contributed by atoms with Crippen molar-refractivity contribution in [1.82, 2.24) is 9.55 Å². The highest BCUT2D eigenvalue weighted by Crippen LogP contribution is 2.09. The predicted molar refractivity (Wildman–Crippen MR) is 62.2 cm³/mol. The third-order valence-electron chi connectivity index (χ3n) is 2.02. The minimum atomic E-state index is -0.431. The summed E-state index contributed by atoms with van der Waals surface area (Å²) < 4.78 is 7.11. The van der Waals surface area contributed by atoms with E-state index in [0.717, 1.165) is 17.9 Å². The van der Waals surface area contributed by atoms with Gasteiger partial charge in [-0.3, -0.25) is 4.79 Å². The number of carbonyl (C=O) groups is 1. The van der Waals surface area contributed by atoms with Crippen molar-refractivity contribution < 1.29 is 9.53 Å². The van der Waals surface area contributed by atoms with Crippen LogP contribution in [-0.2, 0) is 22.5 Å². The van der Waals surface area contributed by atoms with E-state index in [-0.39, 0.29) is 12.5 Å². The largest absolute Gasteiger partial charge is 0.459 e. The van der Waals surface area contributed by atoms with Crippen molar-refractivity contribution in [2.24, 2.45) is 0 Å². The molecule has 0 bridgehead atoms. The Hall–Kier alpha value is -1.32. The molecule has 1 heterocycles. The molecular weight excluding hydrogens is 204 g/mol. The number of hydrogen-bond acceptors (Lipinski definition) is 3. The molecule has 0 spiro atoms. The van der Waals surface area contributed by atoms with E-state index in [1.807, 2.05) is 45.4 Å². The molecule has 0 aromatic carbocycles. The lowest BCUT2D eigenvalue weighted by molar-refractivity contribution is -0.155. The van der Waals surface area contributed by atoms with E-state index < -0.39 is 5.60 Å². The Morgan fingerprint density at radius 1 is 1.50 bits per heavy atom. The summed E-state index contributed by atoms with van der Waals surface area (Å²) in [4.78, 5) is 16.0. The zero-order valence-corrected chi connectivity index (χ0v) is 10.7. The van der Waals surface area contributed by atoms with Crippen molar-refractivity contribution in [1.29, 1.82) is 0 Å². The molecule has 4 heteroatoms. The maximum Gasteiger partial charge on any atom is 0.326 e. The smallest absolute Gasteiger partial charge is 0.326 e. The van der Waals surface area contributed by atoms with Crippen molar-refractivity contribution in [3.8, 4) is 0 Å². The molecule has 90 valence electrons. The van der Waals surface area contributed by atoms with Gasteiger partial charge in [0.25, 0.3) is 0 Å². The summed E-state index contributed by atoms with van der Waals surface area (Å²) in [7, 11) is 0. The minimum absolute atomic E-state index is 0.223. The number of aromatic nitrogens is 2. The van der Waals surface area contributed by atoms with Crippen LogP contribution in [0, 0.1) is 6.92 Å². The molecule has 0 atom stereocenters. The van der Waals surface area contributed by atoms with Crippen molar-refractivity contribution in [3.63, 3.8) is 0 Å². The molecule has 0 saturated carbocycles. The topological polar surface area (TPSA) is 44.1 Å². The van der Waals surface area contributed by atoms with Crippen LogP contribution >= 0.6 is 0 Å². The van der Waals surface area contributed by atoms with Crippen molar-refractivity contribution in [2.75, 3.05) is 0 Å². The molecule has 0 aliphatic heterocycles. The van der Waals surface area contributed by atoms with Gasteiger partial charge in [0.05, 0.1) is 5.69 Å². The summed E-state index contributed by atoms with van der Waals surface area (Å²) in [6, 6.07) is 0. The maximum absolute atomic E-state index is 11.6. The van der Waals surface area contributed by atoms with Gasteiger partial charge in [-0.15, -0.1) is 0 Å². The van der Waals surface area contributed by atoms with Gasteiger partial charge in [0.15, 0.2) is 0 Å². The third kappa shape index (κ3) is 3.68. The molecule has 0 aliphatic carbocycles. The van der Waals surface area contributed by atoms with E-state index in [1.54, 1.807) is 0 Å². The average molecular weight is 224 g/mol. The first-order chi connectivity index (χ1) is 7.31. The second-order valence-corrected chi connectivity index (χ2v) is 4.87. The molecule has 0 amide bonds. The first-order valence-electron chi connectivity index (χ1n) is 5.56. The second kappa shape index (κ2) is 4.68. The predicted octanol–water partition coefficient (Wildman–Crippen LogP) is 2.10. The van der Waals surface area contributed by atoms with Crippen LogP contribution in [0.5, 0.6) is 0 Å². The molecule has 1 aromatic rings. The maximum atomic E-state index is 11.6. The van der Waals surface area contributed by atoms with Crippen LogP contribution in [-0.4, -0.2) is 21.1 Å². The molecular formula is C12H20N2O2. The number of imidazole rings is 1. The Morgan fingerprint density at radius 3 is 2.62 bits per heavy atom. The molecule has 0 radical (unpaired) electrons. The molecule has 4 nitrogen and oxygen atoms in total.